The Labute approximate surface area is 126 Å². The van der Waals surface area contributed by atoms with Crippen LogP contribution in [0.3, 0.4) is 0 Å². The summed E-state index contributed by atoms with van der Waals surface area (Å²) in [7, 11) is 0. The van der Waals surface area contributed by atoms with Crippen molar-refractivity contribution in [1.29, 1.82) is 0 Å². The lowest BCUT2D eigenvalue weighted by Crippen LogP contribution is -2.51. The van der Waals surface area contributed by atoms with E-state index in [2.05, 4.69) is 16.0 Å². The number of rotatable bonds is 4. The quantitative estimate of drug-likeness (QED) is 0.680. The van der Waals surface area contributed by atoms with Crippen molar-refractivity contribution in [3.05, 3.63) is 17.0 Å². The molecular weight excluding hydrogens is 294 g/mol. The minimum atomic E-state index is -1.12. The van der Waals surface area contributed by atoms with E-state index >= 15 is 0 Å². The number of carboxylic acid groups (broad SMARTS) is 1. The molecule has 0 radical (unpaired) electrons. The van der Waals surface area contributed by atoms with E-state index in [0.717, 1.165) is 11.3 Å². The van der Waals surface area contributed by atoms with Crippen LogP contribution in [0.2, 0.25) is 0 Å². The van der Waals surface area contributed by atoms with Gasteiger partial charge in [0, 0.05) is 5.54 Å². The summed E-state index contributed by atoms with van der Waals surface area (Å²) in [5.41, 5.74) is -0.379. The summed E-state index contributed by atoms with van der Waals surface area (Å²) >= 11 is 1.10. The third-order valence-corrected chi connectivity index (χ3v) is 3.19. The minimum absolute atomic E-state index is 0.0157. The van der Waals surface area contributed by atoms with Crippen molar-refractivity contribution in [2.45, 2.75) is 39.3 Å². The molecule has 1 rings (SSSR count). The molecule has 0 aromatic carbocycles. The highest BCUT2D eigenvalue weighted by Gasteiger charge is 2.21. The molecule has 1 aromatic heterocycles. The number of hydrogen-bond acceptors (Lipinski definition) is 4. The SMILES string of the molecule is CC(NC(=O)Nc1sccc1C(=O)O)C(=O)NC(C)(C)C. The zero-order valence-electron chi connectivity index (χ0n) is 12.3. The van der Waals surface area contributed by atoms with Gasteiger partial charge in [0.1, 0.15) is 11.0 Å². The van der Waals surface area contributed by atoms with Gasteiger partial charge in [-0.3, -0.25) is 10.1 Å². The minimum Gasteiger partial charge on any atom is -0.478 e. The van der Waals surface area contributed by atoms with Crippen LogP contribution in [0.15, 0.2) is 11.4 Å². The number of amides is 3. The first kappa shape index (κ1) is 17.0. The van der Waals surface area contributed by atoms with Crippen LogP contribution in [0, 0.1) is 0 Å². The number of nitrogens with one attached hydrogen (secondary N) is 3. The number of carbonyl (C=O) groups is 3. The molecule has 0 bridgehead atoms. The Balaban J connectivity index is 2.59. The van der Waals surface area contributed by atoms with Gasteiger partial charge in [-0.15, -0.1) is 11.3 Å². The normalized spacial score (nSPS) is 12.4. The molecule has 21 heavy (non-hydrogen) atoms. The van der Waals surface area contributed by atoms with E-state index in [0.29, 0.717) is 0 Å². The lowest BCUT2D eigenvalue weighted by atomic mass is 10.1. The lowest BCUT2D eigenvalue weighted by Gasteiger charge is -2.23. The van der Waals surface area contributed by atoms with Gasteiger partial charge >= 0.3 is 12.0 Å². The van der Waals surface area contributed by atoms with Crippen molar-refractivity contribution in [2.24, 2.45) is 0 Å². The van der Waals surface area contributed by atoms with E-state index in [4.69, 9.17) is 5.11 Å². The number of hydrogen-bond donors (Lipinski definition) is 4. The van der Waals surface area contributed by atoms with Gasteiger partial charge in [-0.05, 0) is 39.1 Å². The number of carbonyl (C=O) groups excluding carboxylic acids is 2. The highest BCUT2D eigenvalue weighted by atomic mass is 32.1. The Kier molecular flexibility index (Phi) is 5.31. The zero-order chi connectivity index (χ0) is 16.2. The van der Waals surface area contributed by atoms with Crippen LogP contribution in [0.5, 0.6) is 0 Å². The molecule has 4 N–H and O–H groups in total. The van der Waals surface area contributed by atoms with Gasteiger partial charge < -0.3 is 15.7 Å². The maximum absolute atomic E-state index is 11.8. The average Bonchev–Trinajstić information content (AvgIpc) is 2.74. The molecule has 0 saturated heterocycles. The fourth-order valence-electron chi connectivity index (χ4n) is 1.45. The molecule has 1 atom stereocenters. The second kappa shape index (κ2) is 6.57. The van der Waals surface area contributed by atoms with Gasteiger partial charge in [-0.2, -0.15) is 0 Å². The predicted molar refractivity (Wildman–Crippen MR) is 80.8 cm³/mol. The van der Waals surface area contributed by atoms with E-state index in [1.165, 1.54) is 6.07 Å². The summed E-state index contributed by atoms with van der Waals surface area (Å²) in [4.78, 5) is 34.5. The van der Waals surface area contributed by atoms with Crippen molar-refractivity contribution in [3.63, 3.8) is 0 Å². The van der Waals surface area contributed by atoms with E-state index in [9.17, 15) is 14.4 Å². The first-order valence-corrected chi connectivity index (χ1v) is 7.18. The van der Waals surface area contributed by atoms with Gasteiger partial charge in [0.25, 0.3) is 0 Å². The Morgan fingerprint density at radius 1 is 1.29 bits per heavy atom. The standard InChI is InChI=1S/C13H19N3O4S/c1-7(9(17)16-13(2,3)4)14-12(20)15-10-8(11(18)19)5-6-21-10/h5-7H,1-4H3,(H,16,17)(H,18,19)(H2,14,15,20). The van der Waals surface area contributed by atoms with E-state index in [1.807, 2.05) is 20.8 Å². The second-order valence-electron chi connectivity index (χ2n) is 5.53. The Morgan fingerprint density at radius 3 is 2.43 bits per heavy atom. The smallest absolute Gasteiger partial charge is 0.338 e. The zero-order valence-corrected chi connectivity index (χ0v) is 13.1. The van der Waals surface area contributed by atoms with E-state index in [-0.39, 0.29) is 16.5 Å². The number of anilines is 1. The van der Waals surface area contributed by atoms with E-state index in [1.54, 1.807) is 12.3 Å². The van der Waals surface area contributed by atoms with Crippen LogP contribution in [0.4, 0.5) is 9.80 Å². The summed E-state index contributed by atoms with van der Waals surface area (Å²) in [6, 6.07) is 0.0345. The van der Waals surface area contributed by atoms with Crippen molar-refractivity contribution in [2.75, 3.05) is 5.32 Å². The maximum Gasteiger partial charge on any atom is 0.338 e. The summed E-state index contributed by atoms with van der Waals surface area (Å²) in [6.07, 6.45) is 0. The van der Waals surface area contributed by atoms with Gasteiger partial charge in [0.05, 0.1) is 5.56 Å². The van der Waals surface area contributed by atoms with Crippen LogP contribution in [-0.4, -0.2) is 34.6 Å². The fourth-order valence-corrected chi connectivity index (χ4v) is 2.23. The Hall–Kier alpha value is -2.09. The van der Waals surface area contributed by atoms with Gasteiger partial charge in [-0.25, -0.2) is 9.59 Å². The van der Waals surface area contributed by atoms with Crippen molar-refractivity contribution in [1.82, 2.24) is 10.6 Å². The molecule has 3 amide bonds. The molecule has 116 valence electrons. The highest BCUT2D eigenvalue weighted by Crippen LogP contribution is 2.22. The first-order chi connectivity index (χ1) is 9.60. The molecule has 1 aromatic rings. The molecule has 0 aliphatic heterocycles. The molecule has 0 aliphatic rings. The van der Waals surface area contributed by atoms with Crippen LogP contribution < -0.4 is 16.0 Å². The predicted octanol–water partition coefficient (Wildman–Crippen LogP) is 1.87. The number of thiophene rings is 1. The van der Waals surface area contributed by atoms with Gasteiger partial charge in [0.15, 0.2) is 0 Å². The number of urea groups is 1. The molecule has 0 fully saturated rings. The summed E-state index contributed by atoms with van der Waals surface area (Å²) < 4.78 is 0. The molecule has 7 nitrogen and oxygen atoms in total. The molecule has 8 heteroatoms. The molecular formula is C13H19N3O4S. The summed E-state index contributed by atoms with van der Waals surface area (Å²) in [5.74, 6) is -1.44. The molecule has 0 saturated carbocycles. The number of carboxylic acids is 1. The highest BCUT2D eigenvalue weighted by molar-refractivity contribution is 7.14. The molecule has 1 heterocycles. The molecule has 0 spiro atoms. The van der Waals surface area contributed by atoms with E-state index < -0.39 is 23.6 Å². The maximum atomic E-state index is 11.8. The average molecular weight is 313 g/mol. The first-order valence-electron chi connectivity index (χ1n) is 6.30. The Morgan fingerprint density at radius 2 is 1.90 bits per heavy atom. The van der Waals surface area contributed by atoms with Gasteiger partial charge in [-0.1, -0.05) is 0 Å². The fraction of sp³-hybridized carbons (Fsp3) is 0.462. The summed E-state index contributed by atoms with van der Waals surface area (Å²) in [6.45, 7) is 7.06. The topological polar surface area (TPSA) is 108 Å². The third kappa shape index (κ3) is 5.42. The molecule has 0 aliphatic carbocycles. The van der Waals surface area contributed by atoms with Crippen LogP contribution in [0.1, 0.15) is 38.1 Å². The third-order valence-electron chi connectivity index (χ3n) is 2.36. The number of aromatic carboxylic acids is 1. The van der Waals surface area contributed by atoms with Gasteiger partial charge in [0.2, 0.25) is 5.91 Å². The van der Waals surface area contributed by atoms with Crippen LogP contribution >= 0.6 is 11.3 Å². The monoisotopic (exact) mass is 313 g/mol. The largest absolute Gasteiger partial charge is 0.478 e. The van der Waals surface area contributed by atoms with Crippen LogP contribution in [-0.2, 0) is 4.79 Å². The van der Waals surface area contributed by atoms with Crippen molar-refractivity contribution in [3.8, 4) is 0 Å². The second-order valence-corrected chi connectivity index (χ2v) is 6.44. The Bertz CT molecular complexity index is 548. The van der Waals surface area contributed by atoms with Crippen molar-refractivity contribution < 1.29 is 19.5 Å². The summed E-state index contributed by atoms with van der Waals surface area (Å²) in [5, 5.41) is 18.4. The molecule has 1 unspecified atom stereocenters. The lowest BCUT2D eigenvalue weighted by molar-refractivity contribution is -0.123. The van der Waals surface area contributed by atoms with Crippen LogP contribution in [0.25, 0.3) is 0 Å². The van der Waals surface area contributed by atoms with Crippen molar-refractivity contribution >= 4 is 34.2 Å².